The molecular formula is C26H25F3N2O3S. The van der Waals surface area contributed by atoms with Crippen LogP contribution < -0.4 is 14.4 Å². The molecule has 3 heterocycles. The molecular weight excluding hydrogens is 477 g/mol. The Labute approximate surface area is 205 Å². The molecule has 184 valence electrons. The van der Waals surface area contributed by atoms with Gasteiger partial charge in [0.1, 0.15) is 19.0 Å². The van der Waals surface area contributed by atoms with E-state index in [0.29, 0.717) is 46.7 Å². The molecule has 0 aliphatic carbocycles. The molecule has 1 aromatic heterocycles. The molecule has 35 heavy (non-hydrogen) atoms. The predicted octanol–water partition coefficient (Wildman–Crippen LogP) is 5.90. The summed E-state index contributed by atoms with van der Waals surface area (Å²) in [6.45, 7) is 2.58. The number of alkyl halides is 3. The van der Waals surface area contributed by atoms with Gasteiger partial charge >= 0.3 is 6.18 Å². The number of benzene rings is 2. The average Bonchev–Trinajstić information content (AvgIpc) is 2.88. The number of nitrogens with zero attached hydrogens (tertiary/aromatic N) is 2. The summed E-state index contributed by atoms with van der Waals surface area (Å²) in [5.74, 6) is 2.17. The SMILES string of the molecule is OCC1CCN(c2cc(-c3ccc(Sc4ccc5c(c4)OCCO5)c(C(F)(F)F)c3)ccn2)CC1. The zero-order valence-corrected chi connectivity index (χ0v) is 19.7. The lowest BCUT2D eigenvalue weighted by Gasteiger charge is -2.32. The van der Waals surface area contributed by atoms with Crippen LogP contribution in [0.3, 0.4) is 0 Å². The van der Waals surface area contributed by atoms with Gasteiger partial charge in [-0.15, -0.1) is 0 Å². The molecule has 5 rings (SSSR count). The summed E-state index contributed by atoms with van der Waals surface area (Å²) in [5, 5.41) is 9.36. The van der Waals surface area contributed by atoms with Crippen molar-refractivity contribution in [1.29, 1.82) is 0 Å². The molecule has 2 aliphatic rings. The highest BCUT2D eigenvalue weighted by atomic mass is 32.2. The second-order valence-electron chi connectivity index (χ2n) is 8.63. The number of pyridine rings is 1. The van der Waals surface area contributed by atoms with Gasteiger partial charge in [0.15, 0.2) is 11.5 Å². The highest BCUT2D eigenvalue weighted by Crippen LogP contribution is 2.43. The third kappa shape index (κ3) is 5.36. The van der Waals surface area contributed by atoms with Crippen LogP contribution in [0, 0.1) is 5.92 Å². The fourth-order valence-corrected chi connectivity index (χ4v) is 5.33. The summed E-state index contributed by atoms with van der Waals surface area (Å²) in [7, 11) is 0. The fraction of sp³-hybridized carbons (Fsp3) is 0.346. The average molecular weight is 503 g/mol. The first kappa shape index (κ1) is 23.8. The lowest BCUT2D eigenvalue weighted by molar-refractivity contribution is -0.139. The van der Waals surface area contributed by atoms with Gasteiger partial charge in [-0.3, -0.25) is 0 Å². The molecule has 0 unspecified atom stereocenters. The van der Waals surface area contributed by atoms with Gasteiger partial charge in [0.2, 0.25) is 0 Å². The Kier molecular flexibility index (Phi) is 6.80. The minimum Gasteiger partial charge on any atom is -0.486 e. The standard InChI is InChI=1S/C26H25F3N2O3S/c27-26(28,29)21-13-18(19-5-8-30-25(14-19)31-9-6-17(16-32)7-10-31)1-4-24(21)35-20-2-3-22-23(15-20)34-12-11-33-22/h1-5,8,13-15,17,32H,6-7,9-12,16H2. The quantitative estimate of drug-likeness (QED) is 0.469. The zero-order chi connectivity index (χ0) is 24.4. The summed E-state index contributed by atoms with van der Waals surface area (Å²) in [6, 6.07) is 13.2. The smallest absolute Gasteiger partial charge is 0.417 e. The Hall–Kier alpha value is -2.91. The van der Waals surface area contributed by atoms with Crippen molar-refractivity contribution in [3.8, 4) is 22.6 Å². The first-order chi connectivity index (χ1) is 16.9. The molecule has 0 radical (unpaired) electrons. The molecule has 9 heteroatoms. The number of fused-ring (bicyclic) bond motifs is 1. The maximum Gasteiger partial charge on any atom is 0.417 e. The molecule has 0 saturated carbocycles. The van der Waals surface area contributed by atoms with E-state index in [-0.39, 0.29) is 11.5 Å². The zero-order valence-electron chi connectivity index (χ0n) is 18.9. The number of aromatic nitrogens is 1. The van der Waals surface area contributed by atoms with Crippen LogP contribution in [0.2, 0.25) is 0 Å². The fourth-order valence-electron chi connectivity index (χ4n) is 4.35. The van der Waals surface area contributed by atoms with Gasteiger partial charge in [-0.1, -0.05) is 17.8 Å². The van der Waals surface area contributed by atoms with Gasteiger partial charge in [-0.2, -0.15) is 13.2 Å². The van der Waals surface area contributed by atoms with E-state index in [9.17, 15) is 18.3 Å². The summed E-state index contributed by atoms with van der Waals surface area (Å²) in [4.78, 5) is 7.32. The van der Waals surface area contributed by atoms with Crippen molar-refractivity contribution in [3.63, 3.8) is 0 Å². The third-order valence-corrected chi connectivity index (χ3v) is 7.37. The molecule has 3 aromatic rings. The Morgan fingerprint density at radius 2 is 1.69 bits per heavy atom. The van der Waals surface area contributed by atoms with Crippen molar-refractivity contribution >= 4 is 17.6 Å². The minimum absolute atomic E-state index is 0.123. The van der Waals surface area contributed by atoms with Gasteiger partial charge in [-0.25, -0.2) is 4.98 Å². The molecule has 1 N–H and O–H groups in total. The summed E-state index contributed by atoms with van der Waals surface area (Å²) >= 11 is 1.05. The van der Waals surface area contributed by atoms with Crippen molar-refractivity contribution in [2.45, 2.75) is 28.8 Å². The molecule has 1 saturated heterocycles. The highest BCUT2D eigenvalue weighted by molar-refractivity contribution is 7.99. The van der Waals surface area contributed by atoms with Crippen molar-refractivity contribution in [2.24, 2.45) is 5.92 Å². The van der Waals surface area contributed by atoms with E-state index in [0.717, 1.165) is 43.5 Å². The maximum absolute atomic E-state index is 14.1. The number of hydrogen-bond acceptors (Lipinski definition) is 6. The Bertz CT molecular complexity index is 1200. The molecule has 0 amide bonds. The van der Waals surface area contributed by atoms with Gasteiger partial charge in [0.25, 0.3) is 0 Å². The highest BCUT2D eigenvalue weighted by Gasteiger charge is 2.34. The molecule has 1 fully saturated rings. The third-order valence-electron chi connectivity index (χ3n) is 6.30. The second-order valence-corrected chi connectivity index (χ2v) is 9.75. The number of aliphatic hydroxyl groups is 1. The number of anilines is 1. The van der Waals surface area contributed by atoms with Crippen LogP contribution in [0.25, 0.3) is 11.1 Å². The molecule has 2 aromatic carbocycles. The van der Waals surface area contributed by atoms with E-state index in [1.807, 2.05) is 6.07 Å². The van der Waals surface area contributed by atoms with Gasteiger partial charge in [-0.05, 0) is 72.4 Å². The molecule has 0 atom stereocenters. The number of piperidine rings is 1. The monoisotopic (exact) mass is 502 g/mol. The van der Waals surface area contributed by atoms with E-state index in [4.69, 9.17) is 9.47 Å². The van der Waals surface area contributed by atoms with Crippen molar-refractivity contribution in [2.75, 3.05) is 37.8 Å². The number of ether oxygens (including phenoxy) is 2. The summed E-state index contributed by atoms with van der Waals surface area (Å²) in [5.41, 5.74) is 0.482. The van der Waals surface area contributed by atoms with Crippen molar-refractivity contribution in [1.82, 2.24) is 4.98 Å². The first-order valence-corrected chi connectivity index (χ1v) is 12.3. The lowest BCUT2D eigenvalue weighted by atomic mass is 9.97. The normalized spacial score (nSPS) is 16.4. The van der Waals surface area contributed by atoms with Crippen LogP contribution in [0.15, 0.2) is 64.5 Å². The number of hydrogen-bond donors (Lipinski definition) is 1. The Balaban J connectivity index is 1.42. The van der Waals surface area contributed by atoms with Crippen LogP contribution in [0.4, 0.5) is 19.0 Å². The second kappa shape index (κ2) is 9.99. The lowest BCUT2D eigenvalue weighted by Crippen LogP contribution is -2.35. The van der Waals surface area contributed by atoms with Crippen LogP contribution >= 0.6 is 11.8 Å². The van der Waals surface area contributed by atoms with E-state index >= 15 is 0 Å². The molecule has 0 spiro atoms. The summed E-state index contributed by atoms with van der Waals surface area (Å²) in [6.07, 6.45) is -1.14. The van der Waals surface area contributed by atoms with Crippen molar-refractivity contribution in [3.05, 3.63) is 60.3 Å². The van der Waals surface area contributed by atoms with Crippen LogP contribution in [0.5, 0.6) is 11.5 Å². The maximum atomic E-state index is 14.1. The van der Waals surface area contributed by atoms with Crippen LogP contribution in [0.1, 0.15) is 18.4 Å². The molecule has 2 aliphatic heterocycles. The van der Waals surface area contributed by atoms with Crippen LogP contribution in [-0.2, 0) is 6.18 Å². The molecule has 0 bridgehead atoms. The van der Waals surface area contributed by atoms with E-state index in [1.54, 1.807) is 36.5 Å². The van der Waals surface area contributed by atoms with E-state index < -0.39 is 11.7 Å². The van der Waals surface area contributed by atoms with Gasteiger partial charge in [0.05, 0.1) is 5.56 Å². The minimum atomic E-state index is -4.51. The topological polar surface area (TPSA) is 54.8 Å². The predicted molar refractivity (Wildman–Crippen MR) is 128 cm³/mol. The Morgan fingerprint density at radius 3 is 2.43 bits per heavy atom. The first-order valence-electron chi connectivity index (χ1n) is 11.5. The van der Waals surface area contributed by atoms with Gasteiger partial charge in [0, 0.05) is 35.7 Å². The van der Waals surface area contributed by atoms with E-state index in [1.165, 1.54) is 12.1 Å². The Morgan fingerprint density at radius 1 is 0.943 bits per heavy atom. The number of rotatable bonds is 5. The molecule has 5 nitrogen and oxygen atoms in total. The number of halogens is 3. The van der Waals surface area contributed by atoms with Crippen LogP contribution in [-0.4, -0.2) is 43.0 Å². The van der Waals surface area contributed by atoms with Gasteiger partial charge < -0.3 is 19.5 Å². The van der Waals surface area contributed by atoms with E-state index in [2.05, 4.69) is 9.88 Å². The largest absolute Gasteiger partial charge is 0.486 e. The van der Waals surface area contributed by atoms with Crippen molar-refractivity contribution < 1.29 is 27.8 Å². The number of aliphatic hydroxyl groups excluding tert-OH is 1. The summed E-state index contributed by atoms with van der Waals surface area (Å²) < 4.78 is 53.3.